The number of anilines is 1. The van der Waals surface area contributed by atoms with Crippen molar-refractivity contribution in [3.8, 4) is 11.4 Å². The molecule has 26 heavy (non-hydrogen) atoms. The summed E-state index contributed by atoms with van der Waals surface area (Å²) in [5.41, 5.74) is 1.23. The van der Waals surface area contributed by atoms with E-state index < -0.39 is 12.6 Å². The highest BCUT2D eigenvalue weighted by atomic mass is 19.3. The molecule has 3 aromatic heterocycles. The molecule has 2 unspecified atom stereocenters. The van der Waals surface area contributed by atoms with Crippen molar-refractivity contribution >= 4 is 11.5 Å². The van der Waals surface area contributed by atoms with Gasteiger partial charge in [-0.05, 0) is 25.1 Å². The van der Waals surface area contributed by atoms with Crippen LogP contribution in [-0.4, -0.2) is 44.7 Å². The first-order valence-corrected chi connectivity index (χ1v) is 8.32. The van der Waals surface area contributed by atoms with Crippen LogP contribution in [0.2, 0.25) is 0 Å². The van der Waals surface area contributed by atoms with E-state index in [1.165, 1.54) is 16.8 Å². The van der Waals surface area contributed by atoms with Crippen LogP contribution in [0.15, 0.2) is 36.8 Å². The quantitative estimate of drug-likeness (QED) is 0.747. The number of nitrogens with zero attached hydrogens (tertiary/aromatic N) is 4. The van der Waals surface area contributed by atoms with Crippen molar-refractivity contribution in [2.24, 2.45) is 0 Å². The summed E-state index contributed by atoms with van der Waals surface area (Å²) in [6, 6.07) is 4.93. The molecule has 0 aliphatic carbocycles. The summed E-state index contributed by atoms with van der Waals surface area (Å²) in [5, 5.41) is 6.25. The third-order valence-corrected chi connectivity index (χ3v) is 4.38. The Balaban J connectivity index is 1.66. The predicted molar refractivity (Wildman–Crippen MR) is 91.0 cm³/mol. The Hall–Kier alpha value is -2.68. The van der Waals surface area contributed by atoms with E-state index in [1.54, 1.807) is 24.4 Å². The van der Waals surface area contributed by atoms with Crippen LogP contribution in [0.4, 0.5) is 19.0 Å². The molecule has 1 fully saturated rings. The molecule has 2 N–H and O–H groups in total. The number of rotatable bonds is 4. The second kappa shape index (κ2) is 6.91. The van der Waals surface area contributed by atoms with Crippen LogP contribution in [0.1, 0.15) is 18.5 Å². The molecule has 0 aromatic carbocycles. The van der Waals surface area contributed by atoms with E-state index in [9.17, 15) is 13.2 Å². The number of pyridine rings is 1. The summed E-state index contributed by atoms with van der Waals surface area (Å²) in [4.78, 5) is 12.4. The van der Waals surface area contributed by atoms with E-state index in [0.717, 1.165) is 0 Å². The number of piperidine rings is 1. The lowest BCUT2D eigenvalue weighted by atomic mass is 10.1. The zero-order chi connectivity index (χ0) is 18.1. The first kappa shape index (κ1) is 16.8. The second-order valence-electron chi connectivity index (χ2n) is 6.15. The van der Waals surface area contributed by atoms with Crippen molar-refractivity contribution in [2.45, 2.75) is 25.1 Å². The number of alkyl halides is 3. The van der Waals surface area contributed by atoms with Crippen LogP contribution in [0.5, 0.6) is 0 Å². The summed E-state index contributed by atoms with van der Waals surface area (Å²) in [7, 11) is 0. The molecule has 9 heteroatoms. The highest BCUT2D eigenvalue weighted by molar-refractivity contribution is 5.61. The number of nitrogens with one attached hydrogen (secondary N) is 2. The molecule has 0 spiro atoms. The van der Waals surface area contributed by atoms with E-state index in [-0.39, 0.29) is 11.7 Å². The molecule has 0 bridgehead atoms. The molecule has 4 rings (SSSR count). The summed E-state index contributed by atoms with van der Waals surface area (Å²) >= 11 is 0. The monoisotopic (exact) mass is 362 g/mol. The van der Waals surface area contributed by atoms with Crippen molar-refractivity contribution in [3.05, 3.63) is 42.5 Å². The van der Waals surface area contributed by atoms with Gasteiger partial charge in [-0.25, -0.2) is 28.1 Å². The van der Waals surface area contributed by atoms with Gasteiger partial charge in [0.2, 0.25) is 0 Å². The number of fused-ring (bicyclic) bond motifs is 1. The minimum atomic E-state index is -2.67. The average Bonchev–Trinajstić information content (AvgIpc) is 3.07. The van der Waals surface area contributed by atoms with Gasteiger partial charge < -0.3 is 10.6 Å². The fourth-order valence-corrected chi connectivity index (χ4v) is 3.02. The van der Waals surface area contributed by atoms with E-state index in [1.807, 2.05) is 0 Å². The number of hydrogen-bond donors (Lipinski definition) is 2. The largest absolute Gasteiger partial charge is 0.363 e. The maximum atomic E-state index is 14.0. The topological polar surface area (TPSA) is 67.1 Å². The number of imidazole rings is 1. The first-order valence-electron chi connectivity index (χ1n) is 8.32. The van der Waals surface area contributed by atoms with E-state index in [0.29, 0.717) is 42.4 Å². The van der Waals surface area contributed by atoms with Crippen LogP contribution in [0, 0.1) is 0 Å². The van der Waals surface area contributed by atoms with Crippen molar-refractivity contribution in [1.29, 1.82) is 0 Å². The molecule has 2 atom stereocenters. The standard InChI is InChI=1S/C17H17F3N6/c18-10-4-5-21-6-12(10)25-15-3-1-2-11(24-15)14-7-23-16-8-22-13(17(19)20)9-26(14)16/h1-3,7-10,12,17,21H,4-6H2,(H,24,25). The maximum Gasteiger partial charge on any atom is 0.281 e. The van der Waals surface area contributed by atoms with Crippen molar-refractivity contribution in [1.82, 2.24) is 24.7 Å². The highest BCUT2D eigenvalue weighted by Gasteiger charge is 2.24. The smallest absolute Gasteiger partial charge is 0.281 e. The Labute approximate surface area is 147 Å². The third-order valence-electron chi connectivity index (χ3n) is 4.38. The third kappa shape index (κ3) is 3.22. The lowest BCUT2D eigenvalue weighted by molar-refractivity contribution is 0.145. The Kier molecular flexibility index (Phi) is 4.46. The van der Waals surface area contributed by atoms with Gasteiger partial charge in [-0.3, -0.25) is 4.40 Å². The molecule has 0 radical (unpaired) electrons. The van der Waals surface area contributed by atoms with Gasteiger partial charge in [0, 0.05) is 12.7 Å². The number of aromatic nitrogens is 4. The van der Waals surface area contributed by atoms with Crippen molar-refractivity contribution in [3.63, 3.8) is 0 Å². The van der Waals surface area contributed by atoms with Gasteiger partial charge >= 0.3 is 0 Å². The van der Waals surface area contributed by atoms with Gasteiger partial charge in [-0.2, -0.15) is 0 Å². The Bertz CT molecular complexity index is 912. The lowest BCUT2D eigenvalue weighted by Gasteiger charge is -2.28. The fraction of sp³-hybridized carbons (Fsp3) is 0.353. The van der Waals surface area contributed by atoms with Gasteiger partial charge in [-0.15, -0.1) is 0 Å². The molecule has 1 aliphatic rings. The van der Waals surface area contributed by atoms with Crippen LogP contribution in [0.25, 0.3) is 17.0 Å². The van der Waals surface area contributed by atoms with Gasteiger partial charge in [0.15, 0.2) is 5.65 Å². The fourth-order valence-electron chi connectivity index (χ4n) is 3.02. The van der Waals surface area contributed by atoms with Gasteiger partial charge in [0.05, 0.1) is 29.8 Å². The zero-order valence-corrected chi connectivity index (χ0v) is 13.7. The Morgan fingerprint density at radius 1 is 1.23 bits per heavy atom. The summed E-state index contributed by atoms with van der Waals surface area (Å²) in [5.74, 6) is 0.525. The highest BCUT2D eigenvalue weighted by Crippen LogP contribution is 2.23. The first-order chi connectivity index (χ1) is 12.6. The number of halogens is 3. The van der Waals surface area contributed by atoms with Gasteiger partial charge in [0.1, 0.15) is 17.7 Å². The maximum absolute atomic E-state index is 14.0. The van der Waals surface area contributed by atoms with Crippen molar-refractivity contribution in [2.75, 3.05) is 18.4 Å². The molecule has 0 amide bonds. The van der Waals surface area contributed by atoms with E-state index in [2.05, 4.69) is 25.6 Å². The molecular weight excluding hydrogens is 345 g/mol. The molecule has 0 saturated carbocycles. The summed E-state index contributed by atoms with van der Waals surface area (Å²) < 4.78 is 41.4. The van der Waals surface area contributed by atoms with Crippen LogP contribution < -0.4 is 10.6 Å². The zero-order valence-electron chi connectivity index (χ0n) is 13.7. The minimum absolute atomic E-state index is 0.334. The van der Waals surface area contributed by atoms with E-state index >= 15 is 0 Å². The Morgan fingerprint density at radius 2 is 2.12 bits per heavy atom. The van der Waals surface area contributed by atoms with Crippen LogP contribution >= 0.6 is 0 Å². The molecule has 1 aliphatic heterocycles. The van der Waals surface area contributed by atoms with Gasteiger partial charge in [-0.1, -0.05) is 6.07 Å². The van der Waals surface area contributed by atoms with Crippen LogP contribution in [-0.2, 0) is 0 Å². The Morgan fingerprint density at radius 3 is 2.92 bits per heavy atom. The molecule has 6 nitrogen and oxygen atoms in total. The molecule has 136 valence electrons. The summed E-state index contributed by atoms with van der Waals surface area (Å²) in [6.45, 7) is 1.18. The second-order valence-corrected chi connectivity index (χ2v) is 6.15. The van der Waals surface area contributed by atoms with Crippen LogP contribution in [0.3, 0.4) is 0 Å². The molecular formula is C17H17F3N6. The average molecular weight is 362 g/mol. The normalized spacial score (nSPS) is 20.6. The molecule has 1 saturated heterocycles. The SMILES string of the molecule is FC(F)c1cn2c(-c3cccc(NC4CNCCC4F)n3)cnc2cn1. The molecule has 3 aromatic rings. The van der Waals surface area contributed by atoms with E-state index in [4.69, 9.17) is 0 Å². The molecule has 4 heterocycles. The van der Waals surface area contributed by atoms with Gasteiger partial charge in [0.25, 0.3) is 6.43 Å². The predicted octanol–water partition coefficient (Wildman–Crippen LogP) is 2.84. The number of hydrogen-bond acceptors (Lipinski definition) is 5. The minimum Gasteiger partial charge on any atom is -0.363 e. The lowest BCUT2D eigenvalue weighted by Crippen LogP contribution is -2.46. The summed E-state index contributed by atoms with van der Waals surface area (Å²) in [6.07, 6.45) is 0.946. The van der Waals surface area contributed by atoms with Crippen molar-refractivity contribution < 1.29 is 13.2 Å².